The molecule has 16 heavy (non-hydrogen) atoms. The third kappa shape index (κ3) is 2.78. The summed E-state index contributed by atoms with van der Waals surface area (Å²) < 4.78 is 5.55. The number of carbonyl (C=O) groups is 2. The van der Waals surface area contributed by atoms with E-state index < -0.39 is 0 Å². The Morgan fingerprint density at radius 1 is 1.56 bits per heavy atom. The summed E-state index contributed by atoms with van der Waals surface area (Å²) in [5, 5.41) is 5.34. The Morgan fingerprint density at radius 3 is 3.00 bits per heavy atom. The highest BCUT2D eigenvalue weighted by Gasteiger charge is 2.30. The lowest BCUT2D eigenvalue weighted by molar-refractivity contribution is -0.125. The van der Waals surface area contributed by atoms with Gasteiger partial charge in [-0.25, -0.2) is 0 Å². The lowest BCUT2D eigenvalue weighted by Crippen LogP contribution is -2.48. The number of hydrogen-bond acceptors (Lipinski definition) is 5. The van der Waals surface area contributed by atoms with Crippen molar-refractivity contribution < 1.29 is 14.3 Å². The molecule has 2 heterocycles. The van der Waals surface area contributed by atoms with Crippen LogP contribution in [0.4, 0.5) is 0 Å². The van der Waals surface area contributed by atoms with Crippen LogP contribution in [-0.2, 0) is 14.3 Å². The van der Waals surface area contributed by atoms with Crippen LogP contribution in [0.3, 0.4) is 0 Å². The molecule has 0 spiro atoms. The standard InChI is InChI=1S/C10H17N3O3/c1-13-2-3-16-7(6-13)5-11-8-4-9(14)12-10(8)15/h7-8,11H,2-6H2,1H3,(H,12,14,15)/t7-,8-/m0/s1. The molecular weight excluding hydrogens is 210 g/mol. The Morgan fingerprint density at radius 2 is 2.38 bits per heavy atom. The van der Waals surface area contributed by atoms with E-state index in [0.717, 1.165) is 19.7 Å². The predicted molar refractivity (Wildman–Crippen MR) is 56.8 cm³/mol. The van der Waals surface area contributed by atoms with Gasteiger partial charge in [-0.15, -0.1) is 0 Å². The van der Waals surface area contributed by atoms with Crippen molar-refractivity contribution in [3.8, 4) is 0 Å². The van der Waals surface area contributed by atoms with Gasteiger partial charge in [0, 0.05) is 19.6 Å². The summed E-state index contributed by atoms with van der Waals surface area (Å²) >= 11 is 0. The van der Waals surface area contributed by atoms with Crippen LogP contribution in [0.2, 0.25) is 0 Å². The first-order valence-corrected chi connectivity index (χ1v) is 5.52. The quantitative estimate of drug-likeness (QED) is 0.564. The molecule has 6 nitrogen and oxygen atoms in total. The topological polar surface area (TPSA) is 70.7 Å². The summed E-state index contributed by atoms with van der Waals surface area (Å²) in [6.45, 7) is 3.13. The van der Waals surface area contributed by atoms with Crippen molar-refractivity contribution in [3.63, 3.8) is 0 Å². The molecule has 0 unspecified atom stereocenters. The van der Waals surface area contributed by atoms with Crippen LogP contribution in [0.1, 0.15) is 6.42 Å². The number of rotatable bonds is 3. The van der Waals surface area contributed by atoms with E-state index in [9.17, 15) is 9.59 Å². The highest BCUT2D eigenvalue weighted by molar-refractivity contribution is 6.05. The van der Waals surface area contributed by atoms with Crippen molar-refractivity contribution in [2.75, 3.05) is 33.3 Å². The number of likely N-dealkylation sites (N-methyl/N-ethyl adjacent to an activating group) is 1. The molecule has 0 radical (unpaired) electrons. The number of amides is 2. The fourth-order valence-corrected chi connectivity index (χ4v) is 1.98. The van der Waals surface area contributed by atoms with Gasteiger partial charge < -0.3 is 15.0 Å². The van der Waals surface area contributed by atoms with Crippen LogP contribution in [0, 0.1) is 0 Å². The highest BCUT2D eigenvalue weighted by Crippen LogP contribution is 2.05. The molecule has 2 atom stereocenters. The van der Waals surface area contributed by atoms with Crippen molar-refractivity contribution in [3.05, 3.63) is 0 Å². The van der Waals surface area contributed by atoms with Crippen LogP contribution < -0.4 is 10.6 Å². The van der Waals surface area contributed by atoms with Crippen molar-refractivity contribution in [2.24, 2.45) is 0 Å². The number of nitrogens with one attached hydrogen (secondary N) is 2. The Bertz CT molecular complexity index is 295. The molecule has 6 heteroatoms. The summed E-state index contributed by atoms with van der Waals surface area (Å²) in [6.07, 6.45) is 0.337. The molecule has 0 aromatic heterocycles. The smallest absolute Gasteiger partial charge is 0.244 e. The predicted octanol–water partition coefficient (Wildman–Crippen LogP) is -1.68. The molecule has 0 aliphatic carbocycles. The van der Waals surface area contributed by atoms with Gasteiger partial charge in [0.05, 0.1) is 25.2 Å². The molecule has 0 aromatic rings. The Labute approximate surface area is 94.3 Å². The van der Waals surface area contributed by atoms with E-state index in [1.165, 1.54) is 0 Å². The second-order valence-electron chi connectivity index (χ2n) is 4.33. The van der Waals surface area contributed by atoms with Gasteiger partial charge in [-0.05, 0) is 7.05 Å². The van der Waals surface area contributed by atoms with Gasteiger partial charge in [0.2, 0.25) is 11.8 Å². The Kier molecular flexibility index (Phi) is 3.52. The average molecular weight is 227 g/mol. The van der Waals surface area contributed by atoms with E-state index >= 15 is 0 Å². The normalized spacial score (nSPS) is 31.8. The molecule has 0 bridgehead atoms. The highest BCUT2D eigenvalue weighted by atomic mass is 16.5. The summed E-state index contributed by atoms with van der Waals surface area (Å²) in [5.41, 5.74) is 0. The third-order valence-electron chi connectivity index (χ3n) is 2.90. The zero-order valence-electron chi connectivity index (χ0n) is 9.36. The molecule has 2 rings (SSSR count). The Balaban J connectivity index is 1.74. The molecule has 90 valence electrons. The van der Waals surface area contributed by atoms with E-state index in [-0.39, 0.29) is 30.4 Å². The molecular formula is C10H17N3O3. The maximum Gasteiger partial charge on any atom is 0.244 e. The maximum absolute atomic E-state index is 11.3. The minimum Gasteiger partial charge on any atom is -0.374 e. The van der Waals surface area contributed by atoms with Crippen LogP contribution in [0.15, 0.2) is 0 Å². The first-order valence-electron chi connectivity index (χ1n) is 5.52. The third-order valence-corrected chi connectivity index (χ3v) is 2.90. The van der Waals surface area contributed by atoms with Gasteiger partial charge in [0.15, 0.2) is 0 Å². The van der Waals surface area contributed by atoms with Crippen molar-refractivity contribution in [1.82, 2.24) is 15.5 Å². The number of nitrogens with zero attached hydrogens (tertiary/aromatic N) is 1. The second kappa shape index (κ2) is 4.90. The molecule has 0 saturated carbocycles. The summed E-state index contributed by atoms with van der Waals surface area (Å²) in [7, 11) is 2.04. The van der Waals surface area contributed by atoms with Gasteiger partial charge >= 0.3 is 0 Å². The average Bonchev–Trinajstić information content (AvgIpc) is 2.54. The largest absolute Gasteiger partial charge is 0.374 e. The summed E-state index contributed by atoms with van der Waals surface area (Å²) in [4.78, 5) is 24.4. The molecule has 2 saturated heterocycles. The van der Waals surface area contributed by atoms with E-state index in [2.05, 4.69) is 15.5 Å². The first-order chi connectivity index (χ1) is 7.65. The van der Waals surface area contributed by atoms with Crippen molar-refractivity contribution in [2.45, 2.75) is 18.6 Å². The van der Waals surface area contributed by atoms with Gasteiger partial charge in [-0.1, -0.05) is 0 Å². The molecule has 2 aliphatic heterocycles. The molecule has 2 amide bonds. The van der Waals surface area contributed by atoms with Gasteiger partial charge in [-0.3, -0.25) is 14.9 Å². The number of carbonyl (C=O) groups excluding carboxylic acids is 2. The lowest BCUT2D eigenvalue weighted by atomic mass is 10.2. The zero-order valence-corrected chi connectivity index (χ0v) is 9.36. The number of ether oxygens (including phenoxy) is 1. The van der Waals surface area contributed by atoms with Gasteiger partial charge in [0.1, 0.15) is 0 Å². The maximum atomic E-state index is 11.3. The zero-order chi connectivity index (χ0) is 11.5. The molecule has 2 aliphatic rings. The second-order valence-corrected chi connectivity index (χ2v) is 4.33. The van der Waals surface area contributed by atoms with Crippen molar-refractivity contribution in [1.29, 1.82) is 0 Å². The van der Waals surface area contributed by atoms with E-state index in [0.29, 0.717) is 6.54 Å². The minimum absolute atomic E-state index is 0.0993. The SMILES string of the molecule is CN1CCO[C@@H](CN[C@H]2CC(=O)NC2=O)C1. The fraction of sp³-hybridized carbons (Fsp3) is 0.800. The van der Waals surface area contributed by atoms with E-state index in [1.54, 1.807) is 0 Å². The Hall–Kier alpha value is -0.980. The molecule has 2 N–H and O–H groups in total. The molecule has 0 aromatic carbocycles. The number of hydrogen-bond donors (Lipinski definition) is 2. The van der Waals surface area contributed by atoms with Crippen LogP contribution in [-0.4, -0.2) is 62.1 Å². The minimum atomic E-state index is -0.386. The lowest BCUT2D eigenvalue weighted by Gasteiger charge is -2.30. The number of imide groups is 1. The van der Waals surface area contributed by atoms with Gasteiger partial charge in [0.25, 0.3) is 0 Å². The van der Waals surface area contributed by atoms with Crippen LogP contribution in [0.5, 0.6) is 0 Å². The molecule has 2 fully saturated rings. The summed E-state index contributed by atoms with van der Waals surface area (Å²) in [6, 6.07) is -0.386. The van der Waals surface area contributed by atoms with Crippen LogP contribution in [0.25, 0.3) is 0 Å². The van der Waals surface area contributed by atoms with E-state index in [1.807, 2.05) is 7.05 Å². The summed E-state index contributed by atoms with van der Waals surface area (Å²) in [5.74, 6) is -0.432. The van der Waals surface area contributed by atoms with Crippen molar-refractivity contribution >= 4 is 11.8 Å². The first kappa shape index (κ1) is 11.5. The fourth-order valence-electron chi connectivity index (χ4n) is 1.98. The van der Waals surface area contributed by atoms with Gasteiger partial charge in [-0.2, -0.15) is 0 Å². The number of morpholine rings is 1. The van der Waals surface area contributed by atoms with E-state index in [4.69, 9.17) is 4.74 Å². The monoisotopic (exact) mass is 227 g/mol. The van der Waals surface area contributed by atoms with Crippen LogP contribution >= 0.6 is 0 Å².